The van der Waals surface area contributed by atoms with Crippen molar-refractivity contribution in [3.05, 3.63) is 35.9 Å². The van der Waals surface area contributed by atoms with Crippen molar-refractivity contribution in [1.82, 2.24) is 5.32 Å². The second kappa shape index (κ2) is 5.65. The van der Waals surface area contributed by atoms with Gasteiger partial charge in [0.2, 0.25) is 5.91 Å². The normalized spacial score (nSPS) is 22.8. The number of piperidine rings is 1. The molecule has 0 saturated carbocycles. The highest BCUT2D eigenvalue weighted by Gasteiger charge is 2.43. The Morgan fingerprint density at radius 2 is 2.00 bits per heavy atom. The van der Waals surface area contributed by atoms with Gasteiger partial charge in [-0.2, -0.15) is 0 Å². The second-order valence-corrected chi connectivity index (χ2v) is 4.30. The van der Waals surface area contributed by atoms with Crippen molar-refractivity contribution in [2.24, 2.45) is 5.92 Å². The number of benzene rings is 1. The quantitative estimate of drug-likeness (QED) is 0.640. The van der Waals surface area contributed by atoms with E-state index in [2.05, 4.69) is 5.32 Å². The summed E-state index contributed by atoms with van der Waals surface area (Å²) in [5.74, 6) is -3.58. The number of nitrogens with one attached hydrogen (secondary N) is 1. The first-order valence-electron chi connectivity index (χ1n) is 6.18. The average Bonchev–Trinajstić information content (AvgIpc) is 2.40. The van der Waals surface area contributed by atoms with Gasteiger partial charge in [-0.25, -0.2) is 0 Å². The van der Waals surface area contributed by atoms with Crippen LogP contribution in [0.1, 0.15) is 18.4 Å². The number of carbonyl (C=O) groups excluding carboxylic acids is 3. The molecular formula is C14H15NO4. The Kier molecular flexibility index (Phi) is 3.94. The van der Waals surface area contributed by atoms with E-state index < -0.39 is 29.5 Å². The molecule has 5 heteroatoms. The Hall–Kier alpha value is -2.17. The van der Waals surface area contributed by atoms with Crippen molar-refractivity contribution in [2.75, 3.05) is 13.2 Å². The van der Waals surface area contributed by atoms with E-state index in [4.69, 9.17) is 4.74 Å². The van der Waals surface area contributed by atoms with E-state index in [0.29, 0.717) is 0 Å². The maximum atomic E-state index is 12.3. The molecule has 0 aromatic heterocycles. The van der Waals surface area contributed by atoms with Gasteiger partial charge in [0.05, 0.1) is 12.5 Å². The molecule has 0 bridgehead atoms. The van der Waals surface area contributed by atoms with Crippen LogP contribution in [-0.2, 0) is 19.1 Å². The van der Waals surface area contributed by atoms with Crippen LogP contribution in [0, 0.1) is 5.92 Å². The van der Waals surface area contributed by atoms with E-state index in [1.807, 2.05) is 30.3 Å². The van der Waals surface area contributed by atoms with Crippen LogP contribution in [0.3, 0.4) is 0 Å². The molecule has 2 rings (SSSR count). The second-order valence-electron chi connectivity index (χ2n) is 4.30. The molecule has 1 amide bonds. The van der Waals surface area contributed by atoms with Crippen molar-refractivity contribution in [3.8, 4) is 0 Å². The zero-order chi connectivity index (χ0) is 13.8. The third-order valence-corrected chi connectivity index (χ3v) is 3.09. The number of hydrogen-bond acceptors (Lipinski definition) is 4. The molecule has 19 heavy (non-hydrogen) atoms. The molecule has 0 radical (unpaired) electrons. The predicted molar refractivity (Wildman–Crippen MR) is 67.3 cm³/mol. The molecule has 2 unspecified atom stereocenters. The summed E-state index contributed by atoms with van der Waals surface area (Å²) in [4.78, 5) is 35.6. The molecule has 0 spiro atoms. The van der Waals surface area contributed by atoms with Gasteiger partial charge in [-0.1, -0.05) is 30.3 Å². The van der Waals surface area contributed by atoms with Gasteiger partial charge in [-0.15, -0.1) is 0 Å². The summed E-state index contributed by atoms with van der Waals surface area (Å²) >= 11 is 0. The molecule has 1 N–H and O–H groups in total. The number of esters is 1. The van der Waals surface area contributed by atoms with Gasteiger partial charge in [0, 0.05) is 6.54 Å². The van der Waals surface area contributed by atoms with E-state index in [1.165, 1.54) is 0 Å². The fourth-order valence-corrected chi connectivity index (χ4v) is 2.15. The maximum absolute atomic E-state index is 12.3. The van der Waals surface area contributed by atoms with Crippen LogP contribution in [-0.4, -0.2) is 30.8 Å². The number of rotatable bonds is 3. The number of Topliss-reactive ketones (excluding diaryl/α,β-unsaturated/α-hetero) is 1. The van der Waals surface area contributed by atoms with E-state index in [0.717, 1.165) is 5.56 Å². The van der Waals surface area contributed by atoms with Crippen molar-refractivity contribution in [2.45, 2.75) is 12.8 Å². The fraction of sp³-hybridized carbons (Fsp3) is 0.357. The smallest absolute Gasteiger partial charge is 0.326 e. The molecule has 1 heterocycles. The zero-order valence-electron chi connectivity index (χ0n) is 10.6. The van der Waals surface area contributed by atoms with Gasteiger partial charge in [0.25, 0.3) is 0 Å². The van der Waals surface area contributed by atoms with Gasteiger partial charge in [0.15, 0.2) is 11.7 Å². The molecule has 1 aliphatic rings. The predicted octanol–water partition coefficient (Wildman–Crippen LogP) is 0.648. The lowest BCUT2D eigenvalue weighted by Crippen LogP contribution is -2.50. The highest BCUT2D eigenvalue weighted by molar-refractivity contribution is 6.19. The van der Waals surface area contributed by atoms with Gasteiger partial charge in [0.1, 0.15) is 0 Å². The monoisotopic (exact) mass is 261 g/mol. The van der Waals surface area contributed by atoms with Gasteiger partial charge in [-0.3, -0.25) is 14.4 Å². The first kappa shape index (κ1) is 13.3. The van der Waals surface area contributed by atoms with Crippen molar-refractivity contribution < 1.29 is 19.1 Å². The minimum Gasteiger partial charge on any atom is -0.465 e. The summed E-state index contributed by atoms with van der Waals surface area (Å²) in [5.41, 5.74) is 0.793. The summed E-state index contributed by atoms with van der Waals surface area (Å²) in [6.45, 7) is 2.00. The molecule has 5 nitrogen and oxygen atoms in total. The lowest BCUT2D eigenvalue weighted by Gasteiger charge is -2.26. The van der Waals surface area contributed by atoms with E-state index in [-0.39, 0.29) is 13.2 Å². The molecule has 1 aliphatic heterocycles. The Labute approximate surface area is 110 Å². The van der Waals surface area contributed by atoms with Crippen molar-refractivity contribution in [1.29, 1.82) is 0 Å². The average molecular weight is 261 g/mol. The van der Waals surface area contributed by atoms with Crippen LogP contribution in [0.25, 0.3) is 0 Å². The summed E-state index contributed by atoms with van der Waals surface area (Å²) in [6.07, 6.45) is 0. The minimum atomic E-state index is -1.35. The SMILES string of the molecule is CCOC(=O)C1C(=O)NCC(c2ccccc2)C1=O. The molecule has 1 saturated heterocycles. The summed E-state index contributed by atoms with van der Waals surface area (Å²) < 4.78 is 4.79. The third-order valence-electron chi connectivity index (χ3n) is 3.09. The minimum absolute atomic E-state index is 0.145. The Bertz CT molecular complexity index is 497. The van der Waals surface area contributed by atoms with Crippen LogP contribution in [0.4, 0.5) is 0 Å². The first-order chi connectivity index (χ1) is 9.15. The number of ether oxygens (including phenoxy) is 1. The number of amides is 1. The highest BCUT2D eigenvalue weighted by atomic mass is 16.5. The highest BCUT2D eigenvalue weighted by Crippen LogP contribution is 2.24. The summed E-state index contributed by atoms with van der Waals surface area (Å²) in [7, 11) is 0. The third kappa shape index (κ3) is 2.65. The molecule has 1 fully saturated rings. The standard InChI is InChI=1S/C14H15NO4/c1-2-19-14(18)11-12(16)10(8-15-13(11)17)9-6-4-3-5-7-9/h3-7,10-11H,2,8H2,1H3,(H,15,17). The molecule has 0 aliphatic carbocycles. The van der Waals surface area contributed by atoms with Crippen molar-refractivity contribution >= 4 is 17.7 Å². The fourth-order valence-electron chi connectivity index (χ4n) is 2.15. The van der Waals surface area contributed by atoms with E-state index in [9.17, 15) is 14.4 Å². The van der Waals surface area contributed by atoms with Gasteiger partial charge in [-0.05, 0) is 12.5 Å². The van der Waals surface area contributed by atoms with Crippen LogP contribution in [0.5, 0.6) is 0 Å². The van der Waals surface area contributed by atoms with Gasteiger partial charge >= 0.3 is 5.97 Å². The molecule has 100 valence electrons. The number of ketones is 1. The molecule has 2 atom stereocenters. The first-order valence-corrected chi connectivity index (χ1v) is 6.18. The largest absolute Gasteiger partial charge is 0.465 e. The Morgan fingerprint density at radius 1 is 1.32 bits per heavy atom. The molecule has 1 aromatic rings. The lowest BCUT2D eigenvalue weighted by molar-refractivity contribution is -0.157. The number of carbonyl (C=O) groups is 3. The van der Waals surface area contributed by atoms with Crippen LogP contribution in [0.15, 0.2) is 30.3 Å². The van der Waals surface area contributed by atoms with Crippen LogP contribution >= 0.6 is 0 Å². The summed E-state index contributed by atoms with van der Waals surface area (Å²) in [5, 5.41) is 2.59. The number of hydrogen-bond donors (Lipinski definition) is 1. The maximum Gasteiger partial charge on any atom is 0.326 e. The molecular weight excluding hydrogens is 246 g/mol. The lowest BCUT2D eigenvalue weighted by atomic mass is 9.83. The summed E-state index contributed by atoms with van der Waals surface area (Å²) in [6, 6.07) is 9.10. The Morgan fingerprint density at radius 3 is 2.63 bits per heavy atom. The van der Waals surface area contributed by atoms with Gasteiger partial charge < -0.3 is 10.1 Å². The topological polar surface area (TPSA) is 72.5 Å². The van der Waals surface area contributed by atoms with E-state index >= 15 is 0 Å². The van der Waals surface area contributed by atoms with Crippen molar-refractivity contribution in [3.63, 3.8) is 0 Å². The molecule has 1 aromatic carbocycles. The van der Waals surface area contributed by atoms with E-state index in [1.54, 1.807) is 6.92 Å². The zero-order valence-corrected chi connectivity index (χ0v) is 10.6. The van der Waals surface area contributed by atoms with Crippen LogP contribution < -0.4 is 5.32 Å². The Balaban J connectivity index is 2.24. The van der Waals surface area contributed by atoms with Crippen LogP contribution in [0.2, 0.25) is 0 Å².